The SMILES string of the molecule is C=C(C)C(NN)c1ccc(C)c(OC)c1. The number of hydrogen-bond acceptors (Lipinski definition) is 3. The van der Waals surface area contributed by atoms with E-state index in [1.54, 1.807) is 7.11 Å². The summed E-state index contributed by atoms with van der Waals surface area (Å²) in [5.74, 6) is 6.35. The van der Waals surface area contributed by atoms with Crippen molar-refractivity contribution in [1.29, 1.82) is 0 Å². The van der Waals surface area contributed by atoms with Crippen LogP contribution in [0.15, 0.2) is 30.4 Å². The lowest BCUT2D eigenvalue weighted by molar-refractivity contribution is 0.410. The Labute approximate surface area is 90.9 Å². The molecule has 0 saturated carbocycles. The summed E-state index contributed by atoms with van der Waals surface area (Å²) in [7, 11) is 1.66. The molecule has 0 aliphatic carbocycles. The van der Waals surface area contributed by atoms with Gasteiger partial charge in [-0.3, -0.25) is 5.84 Å². The van der Waals surface area contributed by atoms with Gasteiger partial charge in [0.25, 0.3) is 0 Å². The average Bonchev–Trinajstić information content (AvgIpc) is 2.21. The van der Waals surface area contributed by atoms with Gasteiger partial charge in [-0.25, -0.2) is 5.43 Å². The Morgan fingerprint density at radius 2 is 2.20 bits per heavy atom. The molecule has 1 atom stereocenters. The van der Waals surface area contributed by atoms with E-state index in [-0.39, 0.29) is 6.04 Å². The van der Waals surface area contributed by atoms with Crippen LogP contribution >= 0.6 is 0 Å². The molecular formula is C12H18N2O. The lowest BCUT2D eigenvalue weighted by atomic mass is 10.00. The molecule has 0 amide bonds. The normalized spacial score (nSPS) is 12.3. The molecule has 3 N–H and O–H groups in total. The van der Waals surface area contributed by atoms with Crippen molar-refractivity contribution in [3.63, 3.8) is 0 Å². The van der Waals surface area contributed by atoms with Gasteiger partial charge in [0.15, 0.2) is 0 Å². The standard InChI is InChI=1S/C12H18N2O/c1-8(2)12(14-13)10-6-5-9(3)11(7-10)15-4/h5-7,12,14H,1,13H2,2-4H3. The molecule has 1 unspecified atom stereocenters. The first-order valence-electron chi connectivity index (χ1n) is 4.86. The first kappa shape index (κ1) is 11.8. The van der Waals surface area contributed by atoms with E-state index in [9.17, 15) is 0 Å². The van der Waals surface area contributed by atoms with Crippen LogP contribution < -0.4 is 16.0 Å². The number of methoxy groups -OCH3 is 1. The molecule has 15 heavy (non-hydrogen) atoms. The van der Waals surface area contributed by atoms with E-state index in [1.165, 1.54) is 0 Å². The summed E-state index contributed by atoms with van der Waals surface area (Å²) in [4.78, 5) is 0. The van der Waals surface area contributed by atoms with E-state index in [0.29, 0.717) is 0 Å². The van der Waals surface area contributed by atoms with Gasteiger partial charge in [0.05, 0.1) is 13.2 Å². The maximum atomic E-state index is 5.48. The maximum absolute atomic E-state index is 5.48. The third-order valence-corrected chi connectivity index (χ3v) is 2.42. The highest BCUT2D eigenvalue weighted by molar-refractivity contribution is 5.39. The number of rotatable bonds is 4. The van der Waals surface area contributed by atoms with Gasteiger partial charge in [-0.1, -0.05) is 24.3 Å². The molecule has 0 bridgehead atoms. The van der Waals surface area contributed by atoms with Crippen molar-refractivity contribution in [2.45, 2.75) is 19.9 Å². The predicted molar refractivity (Wildman–Crippen MR) is 62.6 cm³/mol. The molecular weight excluding hydrogens is 188 g/mol. The van der Waals surface area contributed by atoms with E-state index in [2.05, 4.69) is 12.0 Å². The van der Waals surface area contributed by atoms with Crippen LogP contribution in [0.4, 0.5) is 0 Å². The summed E-state index contributed by atoms with van der Waals surface area (Å²) in [5, 5.41) is 0. The minimum Gasteiger partial charge on any atom is -0.496 e. The third-order valence-electron chi connectivity index (χ3n) is 2.42. The van der Waals surface area contributed by atoms with Crippen molar-refractivity contribution in [1.82, 2.24) is 5.43 Å². The summed E-state index contributed by atoms with van der Waals surface area (Å²) in [6.07, 6.45) is 0. The molecule has 0 radical (unpaired) electrons. The van der Waals surface area contributed by atoms with Crippen LogP contribution in [0.25, 0.3) is 0 Å². The highest BCUT2D eigenvalue weighted by Gasteiger charge is 2.11. The van der Waals surface area contributed by atoms with E-state index >= 15 is 0 Å². The minimum atomic E-state index is -0.0282. The van der Waals surface area contributed by atoms with Crippen molar-refractivity contribution in [3.8, 4) is 5.75 Å². The summed E-state index contributed by atoms with van der Waals surface area (Å²) in [6, 6.07) is 5.99. The molecule has 0 saturated heterocycles. The molecule has 3 nitrogen and oxygen atoms in total. The molecule has 0 aromatic heterocycles. The Morgan fingerprint density at radius 3 is 2.67 bits per heavy atom. The second-order valence-corrected chi connectivity index (χ2v) is 3.68. The fourth-order valence-electron chi connectivity index (χ4n) is 1.54. The Morgan fingerprint density at radius 1 is 1.53 bits per heavy atom. The largest absolute Gasteiger partial charge is 0.496 e. The zero-order valence-corrected chi connectivity index (χ0v) is 9.50. The van der Waals surface area contributed by atoms with Crippen LogP contribution in [0.3, 0.4) is 0 Å². The second-order valence-electron chi connectivity index (χ2n) is 3.68. The van der Waals surface area contributed by atoms with Crippen LogP contribution in [-0.2, 0) is 0 Å². The Balaban J connectivity index is 3.09. The number of nitrogens with two attached hydrogens (primary N) is 1. The Hall–Kier alpha value is -1.32. The molecule has 1 aromatic rings. The number of hydrogen-bond donors (Lipinski definition) is 2. The van der Waals surface area contributed by atoms with E-state index < -0.39 is 0 Å². The first-order valence-corrected chi connectivity index (χ1v) is 4.86. The van der Waals surface area contributed by atoms with Gasteiger partial charge in [0.2, 0.25) is 0 Å². The van der Waals surface area contributed by atoms with E-state index in [1.807, 2.05) is 32.0 Å². The third kappa shape index (κ3) is 2.58. The van der Waals surface area contributed by atoms with Gasteiger partial charge in [-0.2, -0.15) is 0 Å². The summed E-state index contributed by atoms with van der Waals surface area (Å²) in [6.45, 7) is 7.85. The van der Waals surface area contributed by atoms with Crippen LogP contribution in [0, 0.1) is 6.92 Å². The van der Waals surface area contributed by atoms with Gasteiger partial charge in [0, 0.05) is 0 Å². The van der Waals surface area contributed by atoms with Gasteiger partial charge in [-0.05, 0) is 31.0 Å². The van der Waals surface area contributed by atoms with Gasteiger partial charge in [-0.15, -0.1) is 0 Å². The fourth-order valence-corrected chi connectivity index (χ4v) is 1.54. The van der Waals surface area contributed by atoms with Gasteiger partial charge >= 0.3 is 0 Å². The molecule has 1 aromatic carbocycles. The Kier molecular flexibility index (Phi) is 3.88. The lowest BCUT2D eigenvalue weighted by Gasteiger charge is -2.17. The van der Waals surface area contributed by atoms with Crippen LogP contribution in [-0.4, -0.2) is 7.11 Å². The van der Waals surface area contributed by atoms with Crippen molar-refractivity contribution in [3.05, 3.63) is 41.5 Å². The zero-order chi connectivity index (χ0) is 11.4. The van der Waals surface area contributed by atoms with Gasteiger partial charge < -0.3 is 4.74 Å². The van der Waals surface area contributed by atoms with E-state index in [0.717, 1.165) is 22.4 Å². The molecule has 82 valence electrons. The minimum absolute atomic E-state index is 0.0282. The number of hydrazine groups is 1. The molecule has 0 aliphatic heterocycles. The second kappa shape index (κ2) is 4.96. The smallest absolute Gasteiger partial charge is 0.122 e. The lowest BCUT2D eigenvalue weighted by Crippen LogP contribution is -2.28. The number of benzene rings is 1. The van der Waals surface area contributed by atoms with Crippen molar-refractivity contribution < 1.29 is 4.74 Å². The fraction of sp³-hybridized carbons (Fsp3) is 0.333. The predicted octanol–water partition coefficient (Wildman–Crippen LogP) is 2.08. The average molecular weight is 206 g/mol. The first-order chi connectivity index (χ1) is 7.10. The summed E-state index contributed by atoms with van der Waals surface area (Å²) >= 11 is 0. The van der Waals surface area contributed by atoms with E-state index in [4.69, 9.17) is 10.6 Å². The highest BCUT2D eigenvalue weighted by atomic mass is 16.5. The number of ether oxygens (including phenoxy) is 1. The molecule has 3 heteroatoms. The van der Waals surface area contributed by atoms with Crippen molar-refractivity contribution in [2.75, 3.05) is 7.11 Å². The Bertz CT molecular complexity index is 361. The molecule has 0 fully saturated rings. The molecule has 0 heterocycles. The summed E-state index contributed by atoms with van der Waals surface area (Å²) in [5.41, 5.74) is 5.88. The molecule has 0 aliphatic rings. The number of aryl methyl sites for hydroxylation is 1. The van der Waals surface area contributed by atoms with Crippen molar-refractivity contribution in [2.24, 2.45) is 5.84 Å². The van der Waals surface area contributed by atoms with Crippen LogP contribution in [0.5, 0.6) is 5.75 Å². The molecule has 1 rings (SSSR count). The van der Waals surface area contributed by atoms with Crippen LogP contribution in [0.1, 0.15) is 24.1 Å². The maximum Gasteiger partial charge on any atom is 0.122 e. The quantitative estimate of drug-likeness (QED) is 0.450. The highest BCUT2D eigenvalue weighted by Crippen LogP contribution is 2.25. The van der Waals surface area contributed by atoms with Gasteiger partial charge in [0.1, 0.15) is 5.75 Å². The topological polar surface area (TPSA) is 47.3 Å². The summed E-state index contributed by atoms with van der Waals surface area (Å²) < 4.78 is 5.26. The number of nitrogens with one attached hydrogen (secondary N) is 1. The zero-order valence-electron chi connectivity index (χ0n) is 9.50. The van der Waals surface area contributed by atoms with Crippen LogP contribution in [0.2, 0.25) is 0 Å². The monoisotopic (exact) mass is 206 g/mol. The molecule has 0 spiro atoms. The van der Waals surface area contributed by atoms with Crippen molar-refractivity contribution >= 4 is 0 Å².